The normalized spacial score (nSPS) is 21.7. The number of carbonyl (C=O) groups is 1. The summed E-state index contributed by atoms with van der Waals surface area (Å²) in [5, 5.41) is 4.20. The lowest BCUT2D eigenvalue weighted by molar-refractivity contribution is 0.100. The Bertz CT molecular complexity index is 458. The Kier molecular flexibility index (Phi) is 3.65. The van der Waals surface area contributed by atoms with E-state index in [-0.39, 0.29) is 0 Å². The van der Waals surface area contributed by atoms with Crippen LogP contribution in [-0.2, 0) is 0 Å². The van der Waals surface area contributed by atoms with Gasteiger partial charge in [-0.1, -0.05) is 13.3 Å². The van der Waals surface area contributed by atoms with Gasteiger partial charge in [0.2, 0.25) is 0 Å². The summed E-state index contributed by atoms with van der Waals surface area (Å²) in [4.78, 5) is 11.6. The number of hydrogen-bond donors (Lipinski definition) is 3. The smallest absolute Gasteiger partial charge is 0.261 e. The van der Waals surface area contributed by atoms with Crippen LogP contribution in [0.3, 0.4) is 0 Å². The van der Waals surface area contributed by atoms with Crippen LogP contribution in [0.15, 0.2) is 0 Å². The van der Waals surface area contributed by atoms with Gasteiger partial charge in [-0.25, -0.2) is 0 Å². The first kappa shape index (κ1) is 13.0. The number of nitrogen functional groups attached to an aromatic ring is 1. The number of hydrogen-bond acceptors (Lipinski definition) is 5. The molecule has 1 aromatic rings. The minimum absolute atomic E-state index is 0.338. The Morgan fingerprint density at radius 1 is 1.61 bits per heavy atom. The first-order valence-corrected chi connectivity index (χ1v) is 6.92. The van der Waals surface area contributed by atoms with Crippen molar-refractivity contribution in [2.45, 2.75) is 32.2 Å². The first-order chi connectivity index (χ1) is 8.58. The molecule has 1 amide bonds. The van der Waals surface area contributed by atoms with Crippen LogP contribution in [0, 0.1) is 5.92 Å². The zero-order valence-corrected chi connectivity index (χ0v) is 11.5. The van der Waals surface area contributed by atoms with Gasteiger partial charge in [0.15, 0.2) is 5.75 Å². The van der Waals surface area contributed by atoms with Crippen LogP contribution in [0.5, 0.6) is 5.75 Å². The van der Waals surface area contributed by atoms with Crippen molar-refractivity contribution >= 4 is 27.9 Å². The highest BCUT2D eigenvalue weighted by atomic mass is 32.1. The van der Waals surface area contributed by atoms with Gasteiger partial charge in [-0.3, -0.25) is 4.79 Å². The molecule has 6 heteroatoms. The zero-order chi connectivity index (χ0) is 13.3. The van der Waals surface area contributed by atoms with E-state index in [1.54, 1.807) is 7.11 Å². The SMILES string of the molecule is CCCC1CC1Nc1sc(C(N)=O)c(N)c1OC. The largest absolute Gasteiger partial charge is 0.492 e. The molecule has 1 aromatic heterocycles. The van der Waals surface area contributed by atoms with Crippen LogP contribution in [0.2, 0.25) is 0 Å². The number of methoxy groups -OCH3 is 1. The van der Waals surface area contributed by atoms with E-state index in [1.165, 1.54) is 30.6 Å². The maximum Gasteiger partial charge on any atom is 0.261 e. The molecule has 5 N–H and O–H groups in total. The minimum atomic E-state index is -0.509. The van der Waals surface area contributed by atoms with Crippen molar-refractivity contribution in [3.8, 4) is 5.75 Å². The van der Waals surface area contributed by atoms with Crippen molar-refractivity contribution in [1.82, 2.24) is 0 Å². The summed E-state index contributed by atoms with van der Waals surface area (Å²) >= 11 is 1.27. The van der Waals surface area contributed by atoms with Crippen molar-refractivity contribution in [1.29, 1.82) is 0 Å². The first-order valence-electron chi connectivity index (χ1n) is 6.11. The van der Waals surface area contributed by atoms with Crippen molar-refractivity contribution in [2.75, 3.05) is 18.2 Å². The molecule has 2 atom stereocenters. The van der Waals surface area contributed by atoms with Crippen LogP contribution in [0.4, 0.5) is 10.7 Å². The lowest BCUT2D eigenvalue weighted by atomic mass is 10.2. The number of nitrogens with one attached hydrogen (secondary N) is 1. The maximum absolute atomic E-state index is 11.2. The third-order valence-corrected chi connectivity index (χ3v) is 4.36. The van der Waals surface area contributed by atoms with Crippen LogP contribution < -0.4 is 21.5 Å². The number of anilines is 2. The monoisotopic (exact) mass is 269 g/mol. The van der Waals surface area contributed by atoms with E-state index < -0.39 is 5.91 Å². The third kappa shape index (κ3) is 2.38. The second-order valence-corrected chi connectivity index (χ2v) is 5.63. The molecule has 0 aromatic carbocycles. The highest BCUT2D eigenvalue weighted by Crippen LogP contribution is 2.46. The Morgan fingerprint density at radius 3 is 2.89 bits per heavy atom. The predicted molar refractivity (Wildman–Crippen MR) is 74.2 cm³/mol. The standard InChI is InChI=1S/C12H19N3O2S/c1-3-4-6-5-7(6)15-12-9(17-2)8(13)10(18-12)11(14)16/h6-7,15H,3-5,13H2,1-2H3,(H2,14,16). The Balaban J connectivity index is 2.13. The fraction of sp³-hybridized carbons (Fsp3) is 0.583. The fourth-order valence-electron chi connectivity index (χ4n) is 2.19. The Hall–Kier alpha value is -1.43. The van der Waals surface area contributed by atoms with Crippen molar-refractivity contribution in [3.63, 3.8) is 0 Å². The fourth-order valence-corrected chi connectivity index (χ4v) is 3.20. The molecule has 1 aliphatic rings. The van der Waals surface area contributed by atoms with Gasteiger partial charge in [0, 0.05) is 6.04 Å². The molecular formula is C12H19N3O2S. The zero-order valence-electron chi connectivity index (χ0n) is 10.7. The highest BCUT2D eigenvalue weighted by Gasteiger charge is 2.37. The molecule has 100 valence electrons. The van der Waals surface area contributed by atoms with Crippen LogP contribution in [-0.4, -0.2) is 19.1 Å². The summed E-state index contributed by atoms with van der Waals surface area (Å²) in [6.45, 7) is 2.18. The highest BCUT2D eigenvalue weighted by molar-refractivity contribution is 7.19. The number of amides is 1. The third-order valence-electron chi connectivity index (χ3n) is 3.23. The summed E-state index contributed by atoms with van der Waals surface area (Å²) in [5.41, 5.74) is 11.5. The van der Waals surface area contributed by atoms with E-state index in [2.05, 4.69) is 12.2 Å². The summed E-state index contributed by atoms with van der Waals surface area (Å²) in [6, 6.07) is 0.470. The minimum Gasteiger partial charge on any atom is -0.492 e. The second-order valence-electron chi connectivity index (χ2n) is 4.61. The molecule has 18 heavy (non-hydrogen) atoms. The number of thiophene rings is 1. The van der Waals surface area contributed by atoms with Crippen LogP contribution in [0.1, 0.15) is 35.9 Å². The molecule has 0 radical (unpaired) electrons. The summed E-state index contributed by atoms with van der Waals surface area (Å²) in [6.07, 6.45) is 3.59. The van der Waals surface area contributed by atoms with Gasteiger partial charge in [-0.2, -0.15) is 0 Å². The average molecular weight is 269 g/mol. The molecule has 2 rings (SSSR count). The average Bonchev–Trinajstić information content (AvgIpc) is 2.95. The summed E-state index contributed by atoms with van der Waals surface area (Å²) in [5.74, 6) is 0.751. The molecule has 0 saturated heterocycles. The van der Waals surface area contributed by atoms with Gasteiger partial charge >= 0.3 is 0 Å². The van der Waals surface area contributed by atoms with Crippen molar-refractivity contribution in [2.24, 2.45) is 11.7 Å². The molecular weight excluding hydrogens is 250 g/mol. The van der Waals surface area contributed by atoms with E-state index in [0.717, 1.165) is 10.9 Å². The maximum atomic E-state index is 11.2. The molecule has 1 fully saturated rings. The summed E-state index contributed by atoms with van der Waals surface area (Å²) < 4.78 is 5.25. The van der Waals surface area contributed by atoms with Crippen LogP contribution >= 0.6 is 11.3 Å². The lowest BCUT2D eigenvalue weighted by Gasteiger charge is -2.06. The molecule has 1 heterocycles. The quantitative estimate of drug-likeness (QED) is 0.737. The molecule has 5 nitrogen and oxygen atoms in total. The molecule has 0 aliphatic heterocycles. The molecule has 0 bridgehead atoms. The second kappa shape index (κ2) is 5.06. The Labute approximate surface area is 110 Å². The number of primary amides is 1. The van der Waals surface area contributed by atoms with Gasteiger partial charge in [0.05, 0.1) is 7.11 Å². The molecule has 2 unspecified atom stereocenters. The van der Waals surface area contributed by atoms with Gasteiger partial charge in [0.1, 0.15) is 15.6 Å². The van der Waals surface area contributed by atoms with Gasteiger partial charge in [0.25, 0.3) is 5.91 Å². The van der Waals surface area contributed by atoms with Gasteiger partial charge < -0.3 is 21.5 Å². The summed E-state index contributed by atoms with van der Waals surface area (Å²) in [7, 11) is 1.55. The van der Waals surface area contributed by atoms with Crippen LogP contribution in [0.25, 0.3) is 0 Å². The van der Waals surface area contributed by atoms with E-state index >= 15 is 0 Å². The molecule has 0 spiro atoms. The van der Waals surface area contributed by atoms with Gasteiger partial charge in [-0.15, -0.1) is 11.3 Å². The predicted octanol–water partition coefficient (Wildman–Crippen LogP) is 2.04. The number of ether oxygens (including phenoxy) is 1. The van der Waals surface area contributed by atoms with E-state index in [1.807, 2.05) is 0 Å². The molecule has 1 saturated carbocycles. The number of nitrogens with two attached hydrogens (primary N) is 2. The van der Waals surface area contributed by atoms with E-state index in [4.69, 9.17) is 16.2 Å². The van der Waals surface area contributed by atoms with E-state index in [0.29, 0.717) is 22.4 Å². The van der Waals surface area contributed by atoms with Crippen molar-refractivity contribution in [3.05, 3.63) is 4.88 Å². The Morgan fingerprint density at radius 2 is 2.33 bits per heavy atom. The number of carbonyl (C=O) groups excluding carboxylic acids is 1. The lowest BCUT2D eigenvalue weighted by Crippen LogP contribution is -2.10. The topological polar surface area (TPSA) is 90.4 Å². The number of rotatable bonds is 6. The van der Waals surface area contributed by atoms with Gasteiger partial charge in [-0.05, 0) is 18.8 Å². The van der Waals surface area contributed by atoms with Crippen molar-refractivity contribution < 1.29 is 9.53 Å². The van der Waals surface area contributed by atoms with E-state index in [9.17, 15) is 4.79 Å². The molecule has 1 aliphatic carbocycles.